The van der Waals surface area contributed by atoms with E-state index in [1.165, 1.54) is 37.0 Å². The fourth-order valence-electron chi connectivity index (χ4n) is 3.98. The van der Waals surface area contributed by atoms with Crippen LogP contribution < -0.4 is 10.6 Å². The second kappa shape index (κ2) is 8.86. The van der Waals surface area contributed by atoms with Crippen molar-refractivity contribution in [2.75, 3.05) is 33.4 Å². The number of nitrogens with zero attached hydrogens (tertiary/aromatic N) is 1. The van der Waals surface area contributed by atoms with Crippen LogP contribution in [0.1, 0.15) is 49.8 Å². The van der Waals surface area contributed by atoms with Crippen LogP contribution in [0, 0.1) is 5.92 Å². The monoisotopic (exact) mass is 349 g/mol. The summed E-state index contributed by atoms with van der Waals surface area (Å²) in [6.45, 7) is 3.79. The Morgan fingerprint density at radius 2 is 2.04 bits per heavy atom. The Labute approximate surface area is 150 Å². The average molecular weight is 350 g/mol. The van der Waals surface area contributed by atoms with Crippen molar-refractivity contribution < 1.29 is 4.74 Å². The predicted molar refractivity (Wildman–Crippen MR) is 102 cm³/mol. The van der Waals surface area contributed by atoms with E-state index in [0.29, 0.717) is 11.3 Å². The highest BCUT2D eigenvalue weighted by molar-refractivity contribution is 7.10. The summed E-state index contributed by atoms with van der Waals surface area (Å²) in [5, 5.41) is 9.36. The molecule has 0 amide bonds. The highest BCUT2D eigenvalue weighted by Gasteiger charge is 2.34. The lowest BCUT2D eigenvalue weighted by molar-refractivity contribution is 0.0675. The van der Waals surface area contributed by atoms with Crippen molar-refractivity contribution in [3.8, 4) is 0 Å². The molecule has 0 unspecified atom stereocenters. The summed E-state index contributed by atoms with van der Waals surface area (Å²) in [6.07, 6.45) is 8.95. The van der Waals surface area contributed by atoms with E-state index in [2.05, 4.69) is 33.1 Å². The molecule has 0 aromatic carbocycles. The zero-order chi connectivity index (χ0) is 16.7. The molecule has 1 aliphatic heterocycles. The summed E-state index contributed by atoms with van der Waals surface area (Å²) in [4.78, 5) is 5.97. The summed E-state index contributed by atoms with van der Waals surface area (Å²) in [5.41, 5.74) is 0.294. The Hall–Kier alpha value is -1.07. The minimum absolute atomic E-state index is 0.294. The van der Waals surface area contributed by atoms with Crippen molar-refractivity contribution >= 4 is 17.3 Å². The first-order chi connectivity index (χ1) is 11.8. The number of hydrogen-bond donors (Lipinski definition) is 2. The Kier molecular flexibility index (Phi) is 6.55. The first kappa shape index (κ1) is 17.7. The molecule has 2 fully saturated rings. The lowest BCUT2D eigenvalue weighted by Gasteiger charge is -2.37. The Bertz CT molecular complexity index is 503. The zero-order valence-electron chi connectivity index (χ0n) is 14.9. The fraction of sp³-hybridized carbons (Fsp3) is 0.737. The van der Waals surface area contributed by atoms with Crippen molar-refractivity contribution in [3.63, 3.8) is 0 Å². The minimum atomic E-state index is 0.294. The molecule has 2 heterocycles. The van der Waals surface area contributed by atoms with E-state index >= 15 is 0 Å². The molecule has 1 aliphatic carbocycles. The zero-order valence-corrected chi connectivity index (χ0v) is 15.7. The second-order valence-corrected chi connectivity index (χ2v) is 8.13. The van der Waals surface area contributed by atoms with Gasteiger partial charge in [-0.3, -0.25) is 4.99 Å². The predicted octanol–water partition coefficient (Wildman–Crippen LogP) is 3.54. The van der Waals surface area contributed by atoms with Gasteiger partial charge in [0.05, 0.1) is 0 Å². The number of guanidine groups is 1. The van der Waals surface area contributed by atoms with Gasteiger partial charge in [0.15, 0.2) is 5.96 Å². The van der Waals surface area contributed by atoms with Gasteiger partial charge in [-0.25, -0.2) is 0 Å². The van der Waals surface area contributed by atoms with Crippen LogP contribution in [0.5, 0.6) is 0 Å². The Morgan fingerprint density at radius 1 is 1.25 bits per heavy atom. The van der Waals surface area contributed by atoms with Crippen molar-refractivity contribution in [3.05, 3.63) is 22.4 Å². The van der Waals surface area contributed by atoms with Gasteiger partial charge in [-0.2, -0.15) is 0 Å². The molecule has 5 heteroatoms. The summed E-state index contributed by atoms with van der Waals surface area (Å²) in [7, 11) is 1.87. The molecule has 0 bridgehead atoms. The molecule has 3 rings (SSSR count). The van der Waals surface area contributed by atoms with E-state index in [0.717, 1.165) is 45.1 Å². The second-order valence-electron chi connectivity index (χ2n) is 7.18. The first-order valence-corrected chi connectivity index (χ1v) is 10.3. The summed E-state index contributed by atoms with van der Waals surface area (Å²) in [6, 6.07) is 4.50. The van der Waals surface area contributed by atoms with Crippen LogP contribution >= 0.6 is 11.3 Å². The normalized spacial score (nSPS) is 22.3. The molecule has 4 nitrogen and oxygen atoms in total. The molecule has 1 saturated carbocycles. The maximum atomic E-state index is 5.44. The molecule has 24 heavy (non-hydrogen) atoms. The van der Waals surface area contributed by atoms with E-state index in [4.69, 9.17) is 4.74 Å². The highest BCUT2D eigenvalue weighted by atomic mass is 32.1. The van der Waals surface area contributed by atoms with Gasteiger partial charge < -0.3 is 15.4 Å². The lowest BCUT2D eigenvalue weighted by atomic mass is 9.73. The van der Waals surface area contributed by atoms with E-state index < -0.39 is 0 Å². The van der Waals surface area contributed by atoms with Gasteiger partial charge in [0.2, 0.25) is 0 Å². The molecular weight excluding hydrogens is 318 g/mol. The van der Waals surface area contributed by atoms with E-state index in [1.807, 2.05) is 18.4 Å². The van der Waals surface area contributed by atoms with Crippen LogP contribution in [0.15, 0.2) is 22.5 Å². The van der Waals surface area contributed by atoms with Gasteiger partial charge in [-0.1, -0.05) is 25.3 Å². The van der Waals surface area contributed by atoms with Crippen LogP contribution in [-0.2, 0) is 10.2 Å². The van der Waals surface area contributed by atoms with Crippen molar-refractivity contribution in [2.45, 2.75) is 50.4 Å². The Morgan fingerprint density at radius 3 is 2.71 bits per heavy atom. The molecule has 1 aromatic rings. The van der Waals surface area contributed by atoms with Gasteiger partial charge in [0, 0.05) is 43.6 Å². The topological polar surface area (TPSA) is 45.7 Å². The third kappa shape index (κ3) is 4.51. The third-order valence-corrected chi connectivity index (χ3v) is 6.69. The molecule has 1 saturated heterocycles. The number of aliphatic imine (C=N–C) groups is 1. The lowest BCUT2D eigenvalue weighted by Crippen LogP contribution is -2.47. The molecule has 0 atom stereocenters. The summed E-state index contributed by atoms with van der Waals surface area (Å²) in [5.74, 6) is 1.65. The van der Waals surface area contributed by atoms with Gasteiger partial charge in [-0.05, 0) is 43.0 Å². The number of hydrogen-bond acceptors (Lipinski definition) is 3. The van der Waals surface area contributed by atoms with Gasteiger partial charge in [0.25, 0.3) is 0 Å². The molecule has 2 N–H and O–H groups in total. The number of ether oxygens (including phenoxy) is 1. The number of thiophene rings is 1. The van der Waals surface area contributed by atoms with Crippen molar-refractivity contribution in [1.29, 1.82) is 0 Å². The molecule has 0 spiro atoms. The van der Waals surface area contributed by atoms with Gasteiger partial charge >= 0.3 is 0 Å². The van der Waals surface area contributed by atoms with E-state index in [1.54, 1.807) is 0 Å². The van der Waals surface area contributed by atoms with Crippen molar-refractivity contribution in [2.24, 2.45) is 10.9 Å². The summed E-state index contributed by atoms with van der Waals surface area (Å²) >= 11 is 1.91. The van der Waals surface area contributed by atoms with Gasteiger partial charge in [0.1, 0.15) is 0 Å². The summed E-state index contributed by atoms with van der Waals surface area (Å²) < 4.78 is 5.44. The van der Waals surface area contributed by atoms with Crippen LogP contribution in [-0.4, -0.2) is 39.3 Å². The highest BCUT2D eigenvalue weighted by Crippen LogP contribution is 2.41. The van der Waals surface area contributed by atoms with Gasteiger partial charge in [-0.15, -0.1) is 11.3 Å². The SMILES string of the molecule is CN=C(NCC1CCOCC1)NCC1(c2cccs2)CCCCC1. The van der Waals surface area contributed by atoms with E-state index in [9.17, 15) is 0 Å². The fourth-order valence-corrected chi connectivity index (χ4v) is 4.97. The average Bonchev–Trinajstić information content (AvgIpc) is 3.19. The molecule has 0 radical (unpaired) electrons. The van der Waals surface area contributed by atoms with Crippen LogP contribution in [0.2, 0.25) is 0 Å². The van der Waals surface area contributed by atoms with Crippen LogP contribution in [0.4, 0.5) is 0 Å². The van der Waals surface area contributed by atoms with E-state index in [-0.39, 0.29) is 0 Å². The largest absolute Gasteiger partial charge is 0.381 e. The van der Waals surface area contributed by atoms with Crippen molar-refractivity contribution in [1.82, 2.24) is 10.6 Å². The molecule has 134 valence electrons. The standard InChI is InChI=1S/C19H31N3OS/c1-20-18(21-14-16-7-11-23-12-8-16)22-15-19(9-3-2-4-10-19)17-6-5-13-24-17/h5-6,13,16H,2-4,7-12,14-15H2,1H3,(H2,20,21,22). The minimum Gasteiger partial charge on any atom is -0.381 e. The molecule has 1 aromatic heterocycles. The Balaban J connectivity index is 1.54. The quantitative estimate of drug-likeness (QED) is 0.631. The smallest absolute Gasteiger partial charge is 0.191 e. The molecular formula is C19H31N3OS. The number of nitrogens with one attached hydrogen (secondary N) is 2. The maximum Gasteiger partial charge on any atom is 0.191 e. The number of rotatable bonds is 5. The molecule has 2 aliphatic rings. The van der Waals surface area contributed by atoms with Crippen LogP contribution in [0.25, 0.3) is 0 Å². The third-order valence-electron chi connectivity index (χ3n) is 5.57. The first-order valence-electron chi connectivity index (χ1n) is 9.39. The maximum absolute atomic E-state index is 5.44. The van der Waals surface area contributed by atoms with Crippen LogP contribution in [0.3, 0.4) is 0 Å².